The summed E-state index contributed by atoms with van der Waals surface area (Å²) in [6.07, 6.45) is 2.93. The second-order valence-corrected chi connectivity index (χ2v) is 6.72. The lowest BCUT2D eigenvalue weighted by atomic mass is 9.95. The number of nitrogens with one attached hydrogen (secondary N) is 1. The predicted octanol–water partition coefficient (Wildman–Crippen LogP) is 2.98. The van der Waals surface area contributed by atoms with Gasteiger partial charge < -0.3 is 9.64 Å². The van der Waals surface area contributed by atoms with Crippen molar-refractivity contribution in [3.63, 3.8) is 0 Å². The van der Waals surface area contributed by atoms with Gasteiger partial charge >= 0.3 is 0 Å². The third-order valence-corrected chi connectivity index (χ3v) is 4.92. The van der Waals surface area contributed by atoms with E-state index in [9.17, 15) is 4.79 Å². The topological polar surface area (TPSA) is 71.1 Å². The van der Waals surface area contributed by atoms with E-state index in [1.807, 2.05) is 4.90 Å². The van der Waals surface area contributed by atoms with Gasteiger partial charge in [-0.1, -0.05) is 18.5 Å². The van der Waals surface area contributed by atoms with E-state index < -0.39 is 0 Å². The van der Waals surface area contributed by atoms with Gasteiger partial charge in [-0.15, -0.1) is 0 Å². The van der Waals surface area contributed by atoms with Crippen LogP contribution < -0.4 is 4.74 Å². The molecule has 1 fully saturated rings. The zero-order valence-corrected chi connectivity index (χ0v) is 15.3. The van der Waals surface area contributed by atoms with Crippen molar-refractivity contribution < 1.29 is 9.53 Å². The first-order valence-corrected chi connectivity index (χ1v) is 8.99. The van der Waals surface area contributed by atoms with Gasteiger partial charge in [0.05, 0.1) is 13.5 Å². The van der Waals surface area contributed by atoms with Crippen molar-refractivity contribution in [1.29, 1.82) is 0 Å². The number of carbonyl (C=O) groups is 1. The van der Waals surface area contributed by atoms with Crippen LogP contribution >= 0.6 is 11.6 Å². The molecule has 0 unspecified atom stereocenters. The number of methoxy groups -OCH3 is 1. The van der Waals surface area contributed by atoms with Crippen molar-refractivity contribution in [2.24, 2.45) is 0 Å². The monoisotopic (exact) mass is 362 g/mol. The number of hydrogen-bond acceptors (Lipinski definition) is 4. The molecule has 3 rings (SSSR count). The number of nitrogens with zero attached hydrogens (tertiary/aromatic N) is 3. The molecule has 1 saturated heterocycles. The van der Waals surface area contributed by atoms with E-state index in [4.69, 9.17) is 16.3 Å². The molecule has 0 bridgehead atoms. The zero-order chi connectivity index (χ0) is 17.8. The first-order chi connectivity index (χ1) is 12.1. The normalized spacial score (nSPS) is 15.4. The highest BCUT2D eigenvalue weighted by atomic mass is 35.5. The molecule has 1 N–H and O–H groups in total. The third-order valence-electron chi connectivity index (χ3n) is 4.68. The second-order valence-electron chi connectivity index (χ2n) is 6.28. The first-order valence-electron chi connectivity index (χ1n) is 8.62. The molecule has 0 atom stereocenters. The van der Waals surface area contributed by atoms with Gasteiger partial charge in [0.1, 0.15) is 11.6 Å². The highest BCUT2D eigenvalue weighted by Gasteiger charge is 2.26. The largest absolute Gasteiger partial charge is 0.496 e. The van der Waals surface area contributed by atoms with Crippen molar-refractivity contribution in [1.82, 2.24) is 20.1 Å². The average molecular weight is 363 g/mol. The number of ether oxygens (including phenoxy) is 1. The van der Waals surface area contributed by atoms with Crippen LogP contribution in [0.3, 0.4) is 0 Å². The van der Waals surface area contributed by atoms with Crippen LogP contribution in [0.5, 0.6) is 5.75 Å². The number of aromatic nitrogens is 3. The molecule has 2 aromatic rings. The molecule has 6 nitrogen and oxygen atoms in total. The molecule has 1 amide bonds. The maximum Gasteiger partial charge on any atom is 0.227 e. The Kier molecular flexibility index (Phi) is 5.58. The molecular formula is C18H23ClN4O2. The minimum absolute atomic E-state index is 0.100. The fourth-order valence-electron chi connectivity index (χ4n) is 3.20. The molecule has 7 heteroatoms. The summed E-state index contributed by atoms with van der Waals surface area (Å²) in [7, 11) is 1.60. The number of rotatable bonds is 5. The lowest BCUT2D eigenvalue weighted by Crippen LogP contribution is -2.39. The highest BCUT2D eigenvalue weighted by Crippen LogP contribution is 2.27. The minimum atomic E-state index is 0.100. The van der Waals surface area contributed by atoms with E-state index in [1.165, 1.54) is 0 Å². The van der Waals surface area contributed by atoms with Crippen molar-refractivity contribution in [2.75, 3.05) is 20.2 Å². The van der Waals surface area contributed by atoms with Crippen LogP contribution in [0.4, 0.5) is 0 Å². The van der Waals surface area contributed by atoms with Gasteiger partial charge in [-0.05, 0) is 31.0 Å². The first kappa shape index (κ1) is 17.7. The Hall–Kier alpha value is -2.08. The molecule has 25 heavy (non-hydrogen) atoms. The van der Waals surface area contributed by atoms with Gasteiger partial charge in [0.15, 0.2) is 5.82 Å². The predicted molar refractivity (Wildman–Crippen MR) is 96.0 cm³/mol. The molecule has 0 spiro atoms. The number of carbonyl (C=O) groups excluding carboxylic acids is 1. The minimum Gasteiger partial charge on any atom is -0.496 e. The van der Waals surface area contributed by atoms with Crippen LogP contribution in [0.15, 0.2) is 18.2 Å². The van der Waals surface area contributed by atoms with E-state index in [1.54, 1.807) is 25.3 Å². The number of amides is 1. The van der Waals surface area contributed by atoms with E-state index in [0.29, 0.717) is 23.1 Å². The van der Waals surface area contributed by atoms with Crippen molar-refractivity contribution in [2.45, 2.75) is 38.5 Å². The summed E-state index contributed by atoms with van der Waals surface area (Å²) in [5.74, 6) is 2.91. The SMILES string of the molecule is CCc1nc(C2CCN(C(=O)Cc3cc(Cl)ccc3OC)CC2)n[nH]1. The van der Waals surface area contributed by atoms with Crippen LogP contribution in [-0.4, -0.2) is 46.2 Å². The summed E-state index contributed by atoms with van der Waals surface area (Å²) < 4.78 is 5.33. The van der Waals surface area contributed by atoms with Gasteiger partial charge in [-0.25, -0.2) is 4.98 Å². The van der Waals surface area contributed by atoms with Gasteiger partial charge in [-0.2, -0.15) is 5.10 Å². The molecule has 2 heterocycles. The molecular weight excluding hydrogens is 340 g/mol. The van der Waals surface area contributed by atoms with E-state index in [-0.39, 0.29) is 5.91 Å². The summed E-state index contributed by atoms with van der Waals surface area (Å²) in [6, 6.07) is 5.36. The summed E-state index contributed by atoms with van der Waals surface area (Å²) in [5.41, 5.74) is 0.823. The maximum atomic E-state index is 12.6. The van der Waals surface area contributed by atoms with Crippen LogP contribution in [0.2, 0.25) is 5.02 Å². The molecule has 1 aliphatic rings. The van der Waals surface area contributed by atoms with Gasteiger partial charge in [0.25, 0.3) is 0 Å². The number of likely N-dealkylation sites (tertiary alicyclic amines) is 1. The van der Waals surface area contributed by atoms with Crippen LogP contribution in [-0.2, 0) is 17.6 Å². The molecule has 0 saturated carbocycles. The number of hydrogen-bond donors (Lipinski definition) is 1. The summed E-state index contributed by atoms with van der Waals surface area (Å²) in [4.78, 5) is 19.1. The molecule has 1 aliphatic heterocycles. The number of halogens is 1. The number of H-pyrrole nitrogens is 1. The lowest BCUT2D eigenvalue weighted by molar-refractivity contribution is -0.131. The lowest BCUT2D eigenvalue weighted by Gasteiger charge is -2.31. The Balaban J connectivity index is 1.59. The van der Waals surface area contributed by atoms with Crippen LogP contribution in [0.1, 0.15) is 42.9 Å². The number of aryl methyl sites for hydroxylation is 1. The van der Waals surface area contributed by atoms with Crippen LogP contribution in [0, 0.1) is 0 Å². The highest BCUT2D eigenvalue weighted by molar-refractivity contribution is 6.30. The summed E-state index contributed by atoms with van der Waals surface area (Å²) in [6.45, 7) is 3.50. The Bertz CT molecular complexity index is 738. The van der Waals surface area contributed by atoms with E-state index in [0.717, 1.165) is 49.6 Å². The Morgan fingerprint density at radius 3 is 2.80 bits per heavy atom. The second kappa shape index (κ2) is 7.87. The fraction of sp³-hybridized carbons (Fsp3) is 0.500. The van der Waals surface area contributed by atoms with Crippen LogP contribution in [0.25, 0.3) is 0 Å². The quantitative estimate of drug-likeness (QED) is 0.887. The van der Waals surface area contributed by atoms with Crippen molar-refractivity contribution in [3.8, 4) is 5.75 Å². The fourth-order valence-corrected chi connectivity index (χ4v) is 3.39. The number of benzene rings is 1. The van der Waals surface area contributed by atoms with Gasteiger partial charge in [-0.3, -0.25) is 9.89 Å². The van der Waals surface area contributed by atoms with Gasteiger partial charge in [0, 0.05) is 36.0 Å². The van der Waals surface area contributed by atoms with E-state index >= 15 is 0 Å². The van der Waals surface area contributed by atoms with Gasteiger partial charge in [0.2, 0.25) is 5.91 Å². The Morgan fingerprint density at radius 2 is 2.16 bits per heavy atom. The number of piperidine rings is 1. The van der Waals surface area contributed by atoms with E-state index in [2.05, 4.69) is 22.1 Å². The third kappa shape index (κ3) is 4.12. The standard InChI is InChI=1S/C18H23ClN4O2/c1-3-16-20-18(22-21-16)12-6-8-23(9-7-12)17(24)11-13-10-14(19)4-5-15(13)25-2/h4-5,10,12H,3,6-9,11H2,1-2H3,(H,20,21,22). The number of aromatic amines is 1. The maximum absolute atomic E-state index is 12.6. The molecule has 134 valence electrons. The zero-order valence-electron chi connectivity index (χ0n) is 14.6. The Labute approximate surface area is 152 Å². The van der Waals surface area contributed by atoms with Crippen molar-refractivity contribution >= 4 is 17.5 Å². The molecule has 1 aromatic carbocycles. The summed E-state index contributed by atoms with van der Waals surface area (Å²) >= 11 is 6.05. The molecule has 0 aliphatic carbocycles. The smallest absolute Gasteiger partial charge is 0.227 e. The average Bonchev–Trinajstić information content (AvgIpc) is 3.11. The molecule has 1 aromatic heterocycles. The van der Waals surface area contributed by atoms with Crippen molar-refractivity contribution in [3.05, 3.63) is 40.4 Å². The summed E-state index contributed by atoms with van der Waals surface area (Å²) in [5, 5.41) is 7.89. The Morgan fingerprint density at radius 1 is 1.40 bits per heavy atom. The molecule has 0 radical (unpaired) electrons.